The average molecular weight is 190 g/mol. The van der Waals surface area contributed by atoms with Crippen LogP contribution in [0.4, 0.5) is 0 Å². The first-order valence-electron chi connectivity index (χ1n) is 4.96. The van der Waals surface area contributed by atoms with Crippen molar-refractivity contribution >= 4 is 5.78 Å². The van der Waals surface area contributed by atoms with E-state index in [4.69, 9.17) is 5.73 Å². The Balaban J connectivity index is 2.24. The average Bonchev–Trinajstić information content (AvgIpc) is 2.67. The van der Waals surface area contributed by atoms with E-state index in [1.54, 1.807) is 24.5 Å². The molecule has 2 rings (SSSR count). The molecule has 0 unspecified atom stereocenters. The molecule has 1 aliphatic rings. The standard InChI is InChI=1S/C11H14N2O/c12-11(5-1-2-6-11)10(14)9-3-7-13-8-4-9/h3-4,7-8H,1-2,5-6,12H2. The molecule has 0 spiro atoms. The number of rotatable bonds is 2. The minimum absolute atomic E-state index is 0.0670. The molecule has 0 radical (unpaired) electrons. The highest BCUT2D eigenvalue weighted by Crippen LogP contribution is 2.30. The number of nitrogens with zero attached hydrogens (tertiary/aromatic N) is 1. The molecule has 1 aromatic heterocycles. The SMILES string of the molecule is NC1(C(=O)c2ccncc2)CCCC1. The Morgan fingerprint density at radius 2 is 1.86 bits per heavy atom. The predicted octanol–water partition coefficient (Wildman–Crippen LogP) is 1.54. The number of hydrogen-bond donors (Lipinski definition) is 1. The summed E-state index contributed by atoms with van der Waals surface area (Å²) in [5, 5.41) is 0. The van der Waals surface area contributed by atoms with Gasteiger partial charge in [-0.2, -0.15) is 0 Å². The van der Waals surface area contributed by atoms with Gasteiger partial charge in [0.15, 0.2) is 5.78 Å². The summed E-state index contributed by atoms with van der Waals surface area (Å²) in [7, 11) is 0. The van der Waals surface area contributed by atoms with Gasteiger partial charge in [-0.15, -0.1) is 0 Å². The highest BCUT2D eigenvalue weighted by molar-refractivity contribution is 6.03. The third kappa shape index (κ3) is 1.55. The monoisotopic (exact) mass is 190 g/mol. The topological polar surface area (TPSA) is 56.0 Å². The van der Waals surface area contributed by atoms with Crippen molar-refractivity contribution in [3.8, 4) is 0 Å². The van der Waals surface area contributed by atoms with E-state index in [1.807, 2.05) is 0 Å². The minimum atomic E-state index is -0.610. The second-order valence-electron chi connectivity index (χ2n) is 3.93. The molecule has 0 aromatic carbocycles. The van der Waals surface area contributed by atoms with Gasteiger partial charge in [0.25, 0.3) is 0 Å². The molecule has 0 aliphatic heterocycles. The van der Waals surface area contributed by atoms with Gasteiger partial charge >= 0.3 is 0 Å². The number of carbonyl (C=O) groups is 1. The number of ketones is 1. The second-order valence-corrected chi connectivity index (χ2v) is 3.93. The summed E-state index contributed by atoms with van der Waals surface area (Å²) in [6.07, 6.45) is 7.01. The fourth-order valence-corrected chi connectivity index (χ4v) is 2.02. The molecule has 2 N–H and O–H groups in total. The summed E-state index contributed by atoms with van der Waals surface area (Å²) >= 11 is 0. The van der Waals surface area contributed by atoms with Crippen molar-refractivity contribution in [2.75, 3.05) is 0 Å². The summed E-state index contributed by atoms with van der Waals surface area (Å²) in [6, 6.07) is 3.46. The minimum Gasteiger partial charge on any atom is -0.319 e. The van der Waals surface area contributed by atoms with Gasteiger partial charge in [-0.3, -0.25) is 9.78 Å². The molecule has 74 valence electrons. The third-order valence-electron chi connectivity index (χ3n) is 2.89. The van der Waals surface area contributed by atoms with Crippen LogP contribution in [0.25, 0.3) is 0 Å². The lowest BCUT2D eigenvalue weighted by Crippen LogP contribution is -2.45. The van der Waals surface area contributed by atoms with Gasteiger partial charge in [0.05, 0.1) is 5.54 Å². The zero-order valence-corrected chi connectivity index (χ0v) is 8.07. The molecule has 1 heterocycles. The van der Waals surface area contributed by atoms with Gasteiger partial charge in [0, 0.05) is 18.0 Å². The largest absolute Gasteiger partial charge is 0.319 e. The lowest BCUT2D eigenvalue weighted by atomic mass is 9.89. The summed E-state index contributed by atoms with van der Waals surface area (Å²) in [6.45, 7) is 0. The molecular formula is C11H14N2O. The Morgan fingerprint density at radius 3 is 2.43 bits per heavy atom. The number of hydrogen-bond acceptors (Lipinski definition) is 3. The van der Waals surface area contributed by atoms with Crippen molar-refractivity contribution in [1.82, 2.24) is 4.98 Å². The van der Waals surface area contributed by atoms with Crippen LogP contribution >= 0.6 is 0 Å². The second kappa shape index (κ2) is 3.50. The number of Topliss-reactive ketones (excluding diaryl/α,β-unsaturated/α-hetero) is 1. The summed E-state index contributed by atoms with van der Waals surface area (Å²) in [5.74, 6) is 0.0670. The van der Waals surface area contributed by atoms with Crippen LogP contribution in [-0.2, 0) is 0 Å². The van der Waals surface area contributed by atoms with E-state index < -0.39 is 5.54 Å². The molecule has 0 saturated heterocycles. The van der Waals surface area contributed by atoms with Crippen LogP contribution in [0.15, 0.2) is 24.5 Å². The first kappa shape index (κ1) is 9.34. The van der Waals surface area contributed by atoms with E-state index in [0.29, 0.717) is 5.56 Å². The Morgan fingerprint density at radius 1 is 1.29 bits per heavy atom. The quantitative estimate of drug-likeness (QED) is 0.719. The van der Waals surface area contributed by atoms with E-state index in [9.17, 15) is 4.79 Å². The summed E-state index contributed by atoms with van der Waals surface area (Å²) in [4.78, 5) is 15.9. The van der Waals surface area contributed by atoms with Crippen molar-refractivity contribution in [1.29, 1.82) is 0 Å². The van der Waals surface area contributed by atoms with Crippen LogP contribution in [0.1, 0.15) is 36.0 Å². The molecular weight excluding hydrogens is 176 g/mol. The lowest BCUT2D eigenvalue weighted by molar-refractivity contribution is 0.0892. The third-order valence-corrected chi connectivity index (χ3v) is 2.89. The Labute approximate surface area is 83.3 Å². The van der Waals surface area contributed by atoms with E-state index >= 15 is 0 Å². The molecule has 0 atom stereocenters. The maximum Gasteiger partial charge on any atom is 0.182 e. The smallest absolute Gasteiger partial charge is 0.182 e. The Bertz CT molecular complexity index is 328. The Kier molecular flexibility index (Phi) is 2.33. The maximum atomic E-state index is 12.0. The molecule has 1 fully saturated rings. The van der Waals surface area contributed by atoms with Gasteiger partial charge in [0.2, 0.25) is 0 Å². The van der Waals surface area contributed by atoms with Crippen LogP contribution in [0.2, 0.25) is 0 Å². The number of nitrogens with two attached hydrogens (primary N) is 1. The first-order valence-corrected chi connectivity index (χ1v) is 4.96. The Hall–Kier alpha value is -1.22. The van der Waals surface area contributed by atoms with Crippen molar-refractivity contribution in [2.24, 2.45) is 5.73 Å². The molecule has 1 saturated carbocycles. The van der Waals surface area contributed by atoms with Crippen LogP contribution in [0.3, 0.4) is 0 Å². The highest BCUT2D eigenvalue weighted by atomic mass is 16.1. The van der Waals surface area contributed by atoms with Gasteiger partial charge < -0.3 is 5.73 Å². The first-order chi connectivity index (χ1) is 6.72. The van der Waals surface area contributed by atoms with E-state index in [0.717, 1.165) is 25.7 Å². The van der Waals surface area contributed by atoms with Gasteiger partial charge in [-0.1, -0.05) is 12.8 Å². The van der Waals surface area contributed by atoms with Crippen LogP contribution in [-0.4, -0.2) is 16.3 Å². The predicted molar refractivity (Wildman–Crippen MR) is 54.0 cm³/mol. The van der Waals surface area contributed by atoms with Crippen molar-refractivity contribution < 1.29 is 4.79 Å². The van der Waals surface area contributed by atoms with E-state index in [2.05, 4.69) is 4.98 Å². The van der Waals surface area contributed by atoms with Gasteiger partial charge in [-0.25, -0.2) is 0 Å². The maximum absolute atomic E-state index is 12.0. The zero-order valence-electron chi connectivity index (χ0n) is 8.07. The van der Waals surface area contributed by atoms with Crippen LogP contribution in [0, 0.1) is 0 Å². The molecule has 3 nitrogen and oxygen atoms in total. The molecule has 3 heteroatoms. The van der Waals surface area contributed by atoms with Gasteiger partial charge in [0.1, 0.15) is 0 Å². The van der Waals surface area contributed by atoms with E-state index in [-0.39, 0.29) is 5.78 Å². The molecule has 0 bridgehead atoms. The molecule has 1 aliphatic carbocycles. The van der Waals surface area contributed by atoms with Crippen LogP contribution < -0.4 is 5.73 Å². The van der Waals surface area contributed by atoms with Crippen molar-refractivity contribution in [3.05, 3.63) is 30.1 Å². The zero-order chi connectivity index (χ0) is 10.0. The number of carbonyl (C=O) groups excluding carboxylic acids is 1. The fourth-order valence-electron chi connectivity index (χ4n) is 2.02. The molecule has 0 amide bonds. The normalized spacial score (nSPS) is 19.5. The van der Waals surface area contributed by atoms with Gasteiger partial charge in [-0.05, 0) is 25.0 Å². The molecule has 1 aromatic rings. The summed E-state index contributed by atoms with van der Waals surface area (Å²) in [5.41, 5.74) is 6.14. The van der Waals surface area contributed by atoms with E-state index in [1.165, 1.54) is 0 Å². The summed E-state index contributed by atoms with van der Waals surface area (Å²) < 4.78 is 0. The lowest BCUT2D eigenvalue weighted by Gasteiger charge is -2.21. The van der Waals surface area contributed by atoms with Crippen molar-refractivity contribution in [3.63, 3.8) is 0 Å². The number of pyridine rings is 1. The van der Waals surface area contributed by atoms with Crippen LogP contribution in [0.5, 0.6) is 0 Å². The van der Waals surface area contributed by atoms with Crippen molar-refractivity contribution in [2.45, 2.75) is 31.2 Å². The number of aromatic nitrogens is 1. The molecule has 14 heavy (non-hydrogen) atoms. The highest BCUT2D eigenvalue weighted by Gasteiger charge is 2.37. The fraction of sp³-hybridized carbons (Fsp3) is 0.455.